The maximum Gasteiger partial charge on any atom is 0.326 e. The maximum atomic E-state index is 12.7. The molecule has 136 valence electrons. The molecule has 8 nitrogen and oxygen atoms in total. The van der Waals surface area contributed by atoms with Crippen LogP contribution in [0.5, 0.6) is 0 Å². The fraction of sp³-hybridized carbons (Fsp3) is 0.333. The number of hydrogen-bond donors (Lipinski definition) is 1. The third-order valence-electron chi connectivity index (χ3n) is 3.82. The van der Waals surface area contributed by atoms with Crippen molar-refractivity contribution in [2.24, 2.45) is 10.9 Å². The van der Waals surface area contributed by atoms with Crippen molar-refractivity contribution < 1.29 is 23.8 Å². The van der Waals surface area contributed by atoms with Crippen LogP contribution < -0.4 is 0 Å². The van der Waals surface area contributed by atoms with Gasteiger partial charge in [0.15, 0.2) is 11.7 Å². The summed E-state index contributed by atoms with van der Waals surface area (Å²) in [7, 11) is 1.54. The van der Waals surface area contributed by atoms with Gasteiger partial charge in [0.2, 0.25) is 11.7 Å². The van der Waals surface area contributed by atoms with E-state index < -0.39 is 17.7 Å². The lowest BCUT2D eigenvalue weighted by Crippen LogP contribution is -2.28. The first-order chi connectivity index (χ1) is 12.7. The van der Waals surface area contributed by atoms with Gasteiger partial charge in [-0.15, -0.1) is 0 Å². The zero-order valence-corrected chi connectivity index (χ0v) is 14.5. The first kappa shape index (κ1) is 17.8. The van der Waals surface area contributed by atoms with Crippen LogP contribution in [0.15, 0.2) is 35.3 Å². The Kier molecular flexibility index (Phi) is 5.43. The number of aliphatic imine (C=N–C) groups is 1. The van der Waals surface area contributed by atoms with E-state index in [0.717, 1.165) is 10.9 Å². The first-order valence-electron chi connectivity index (χ1n) is 8.21. The van der Waals surface area contributed by atoms with E-state index in [-0.39, 0.29) is 24.8 Å². The lowest BCUT2D eigenvalue weighted by molar-refractivity contribution is -0.147. The number of nitrogens with one attached hydrogen (secondary N) is 1. The molecule has 1 fully saturated rings. The van der Waals surface area contributed by atoms with Crippen LogP contribution in [0.2, 0.25) is 0 Å². The van der Waals surface area contributed by atoms with Crippen LogP contribution in [0.25, 0.3) is 17.1 Å². The number of aromatic nitrogens is 2. The van der Waals surface area contributed by atoms with E-state index in [1.165, 1.54) is 0 Å². The molecule has 2 aromatic heterocycles. The average Bonchev–Trinajstić information content (AvgIpc) is 3.18. The summed E-state index contributed by atoms with van der Waals surface area (Å²) < 4.78 is 15.5. The normalized spacial score (nSPS) is 20.1. The molecular formula is C18H19N3O5. The highest BCUT2D eigenvalue weighted by Crippen LogP contribution is 2.27. The maximum absolute atomic E-state index is 12.7. The fourth-order valence-electron chi connectivity index (χ4n) is 2.62. The number of esters is 1. The lowest BCUT2D eigenvalue weighted by Gasteiger charge is -2.06. The molecular weight excluding hydrogens is 338 g/mol. The van der Waals surface area contributed by atoms with Crippen molar-refractivity contribution in [2.45, 2.75) is 6.92 Å². The largest absolute Gasteiger partial charge is 0.465 e. The molecule has 2 aromatic rings. The smallest absolute Gasteiger partial charge is 0.326 e. The molecule has 0 radical (unpaired) electrons. The monoisotopic (exact) mass is 357 g/mol. The van der Waals surface area contributed by atoms with E-state index in [1.807, 2.05) is 6.07 Å². The summed E-state index contributed by atoms with van der Waals surface area (Å²) >= 11 is 0. The number of ketones is 1. The number of hydrogen-bond acceptors (Lipinski definition) is 7. The summed E-state index contributed by atoms with van der Waals surface area (Å²) in [5, 5.41) is 0.842. The molecule has 0 saturated carbocycles. The second-order valence-corrected chi connectivity index (χ2v) is 5.52. The Hall–Kier alpha value is -3.00. The van der Waals surface area contributed by atoms with Crippen LogP contribution >= 0.6 is 0 Å². The zero-order valence-electron chi connectivity index (χ0n) is 14.5. The molecule has 26 heavy (non-hydrogen) atoms. The summed E-state index contributed by atoms with van der Waals surface area (Å²) in [4.78, 5) is 36.3. The molecule has 3 rings (SSSR count). The second kappa shape index (κ2) is 7.92. The van der Waals surface area contributed by atoms with Gasteiger partial charge in [-0.05, 0) is 25.1 Å². The van der Waals surface area contributed by atoms with Crippen LogP contribution in [0, 0.1) is 5.92 Å². The summed E-state index contributed by atoms with van der Waals surface area (Å²) in [5.74, 6) is -2.24. The van der Waals surface area contributed by atoms with Gasteiger partial charge in [0, 0.05) is 30.5 Å². The van der Waals surface area contributed by atoms with E-state index in [9.17, 15) is 9.59 Å². The average molecular weight is 357 g/mol. The van der Waals surface area contributed by atoms with Gasteiger partial charge in [0.25, 0.3) is 0 Å². The number of allylic oxidation sites excluding steroid dienone is 1. The van der Waals surface area contributed by atoms with Crippen molar-refractivity contribution >= 4 is 34.8 Å². The van der Waals surface area contributed by atoms with Crippen molar-refractivity contribution in [3.63, 3.8) is 0 Å². The Morgan fingerprint density at radius 3 is 3.12 bits per heavy atom. The third-order valence-corrected chi connectivity index (χ3v) is 3.82. The molecule has 1 aliphatic heterocycles. The molecule has 0 bridgehead atoms. The number of H-pyrrole nitrogens is 1. The highest BCUT2D eigenvalue weighted by molar-refractivity contribution is 6.27. The van der Waals surface area contributed by atoms with Crippen molar-refractivity contribution in [3.05, 3.63) is 35.8 Å². The molecule has 0 aliphatic carbocycles. The Morgan fingerprint density at radius 2 is 2.35 bits per heavy atom. The number of aromatic amines is 1. The Labute approximate surface area is 149 Å². The van der Waals surface area contributed by atoms with E-state index in [1.54, 1.807) is 38.6 Å². The zero-order chi connectivity index (χ0) is 18.5. The third kappa shape index (κ3) is 3.50. The minimum absolute atomic E-state index is 0.0368. The van der Waals surface area contributed by atoms with Gasteiger partial charge in [-0.2, -0.15) is 0 Å². The van der Waals surface area contributed by atoms with Crippen LogP contribution in [-0.4, -0.2) is 54.5 Å². The molecule has 1 aliphatic rings. The van der Waals surface area contributed by atoms with E-state index in [0.29, 0.717) is 12.3 Å². The molecule has 0 amide bonds. The van der Waals surface area contributed by atoms with Crippen LogP contribution in [0.4, 0.5) is 0 Å². The van der Waals surface area contributed by atoms with Crippen molar-refractivity contribution in [3.8, 4) is 0 Å². The van der Waals surface area contributed by atoms with Crippen molar-refractivity contribution in [2.75, 3.05) is 26.9 Å². The van der Waals surface area contributed by atoms with Gasteiger partial charge in [-0.3, -0.25) is 14.6 Å². The Bertz CT molecular complexity index is 884. The lowest BCUT2D eigenvalue weighted by atomic mass is 10.0. The van der Waals surface area contributed by atoms with E-state index in [4.69, 9.17) is 14.2 Å². The Morgan fingerprint density at radius 1 is 1.50 bits per heavy atom. The second-order valence-electron chi connectivity index (χ2n) is 5.52. The summed E-state index contributed by atoms with van der Waals surface area (Å²) in [6.07, 6.45) is 4.97. The minimum Gasteiger partial charge on any atom is -0.465 e. The number of pyridine rings is 1. The molecule has 1 unspecified atom stereocenters. The molecule has 1 saturated heterocycles. The number of nitrogens with zero attached hydrogens (tertiary/aromatic N) is 2. The van der Waals surface area contributed by atoms with E-state index >= 15 is 0 Å². The van der Waals surface area contributed by atoms with Crippen molar-refractivity contribution in [1.29, 1.82) is 0 Å². The van der Waals surface area contributed by atoms with Crippen LogP contribution in [-0.2, 0) is 23.8 Å². The number of rotatable bonds is 6. The van der Waals surface area contributed by atoms with E-state index in [2.05, 4.69) is 15.0 Å². The SMILES string of the molecule is CCOC(=O)C1C(=O)/C(=C/c2c[nH]c3ncccc23)OC1=NCCOC. The van der Waals surface area contributed by atoms with Gasteiger partial charge in [0.1, 0.15) is 5.65 Å². The summed E-state index contributed by atoms with van der Waals surface area (Å²) in [6, 6.07) is 3.68. The van der Waals surface area contributed by atoms with Gasteiger partial charge >= 0.3 is 5.97 Å². The van der Waals surface area contributed by atoms with Crippen molar-refractivity contribution in [1.82, 2.24) is 9.97 Å². The number of carbonyl (C=O) groups excluding carboxylic acids is 2. The quantitative estimate of drug-likeness (QED) is 0.365. The predicted octanol–water partition coefficient (Wildman–Crippen LogP) is 1.73. The first-order valence-corrected chi connectivity index (χ1v) is 8.21. The minimum atomic E-state index is -1.18. The number of Topliss-reactive ketones (excluding diaryl/α,β-unsaturated/α-hetero) is 1. The van der Waals surface area contributed by atoms with Gasteiger partial charge in [-0.25, -0.2) is 4.98 Å². The molecule has 8 heteroatoms. The molecule has 1 N–H and O–H groups in total. The number of ether oxygens (including phenoxy) is 3. The highest BCUT2D eigenvalue weighted by atomic mass is 16.5. The molecule has 0 spiro atoms. The predicted molar refractivity (Wildman–Crippen MR) is 94.5 cm³/mol. The van der Waals surface area contributed by atoms with Gasteiger partial charge in [0.05, 0.1) is 19.8 Å². The Balaban J connectivity index is 1.94. The van der Waals surface area contributed by atoms with Crippen LogP contribution in [0.3, 0.4) is 0 Å². The number of carbonyl (C=O) groups is 2. The molecule has 0 aromatic carbocycles. The summed E-state index contributed by atoms with van der Waals surface area (Å²) in [6.45, 7) is 2.47. The topological polar surface area (TPSA) is 103 Å². The fourth-order valence-corrected chi connectivity index (χ4v) is 2.62. The number of fused-ring (bicyclic) bond motifs is 1. The van der Waals surface area contributed by atoms with Crippen LogP contribution in [0.1, 0.15) is 12.5 Å². The highest BCUT2D eigenvalue weighted by Gasteiger charge is 2.44. The standard InChI is InChI=1S/C18H19N3O5/c1-3-25-18(23)14-15(22)13(26-17(14)20-7-8-24-2)9-11-10-21-16-12(11)5-4-6-19-16/h4-6,9-10,14H,3,7-8H2,1-2H3,(H,19,21)/b13-9-,20-17?. The summed E-state index contributed by atoms with van der Waals surface area (Å²) in [5.41, 5.74) is 1.43. The molecule has 3 heterocycles. The number of methoxy groups -OCH3 is 1. The molecule has 1 atom stereocenters. The van der Waals surface area contributed by atoms with Gasteiger partial charge in [-0.1, -0.05) is 0 Å². The van der Waals surface area contributed by atoms with Gasteiger partial charge < -0.3 is 19.2 Å².